The highest BCUT2D eigenvalue weighted by molar-refractivity contribution is 5.98. The van der Waals surface area contributed by atoms with Crippen molar-refractivity contribution >= 4 is 22.4 Å². The Morgan fingerprint density at radius 2 is 1.80 bits per heavy atom. The van der Waals surface area contributed by atoms with Crippen molar-refractivity contribution in [3.8, 4) is 23.0 Å². The Kier molecular flexibility index (Phi) is 5.22. The second-order valence-corrected chi connectivity index (χ2v) is 7.18. The topological polar surface area (TPSA) is 95.2 Å². The lowest BCUT2D eigenvalue weighted by atomic mass is 10.1. The number of hydrogen-bond donors (Lipinski definition) is 1. The molecular formula is C22H23N5O3. The predicted molar refractivity (Wildman–Crippen MR) is 114 cm³/mol. The third-order valence-electron chi connectivity index (χ3n) is 4.71. The summed E-state index contributed by atoms with van der Waals surface area (Å²) in [6.45, 7) is 5.97. The van der Waals surface area contributed by atoms with Crippen LogP contribution in [0.5, 0.6) is 11.5 Å². The molecule has 0 atom stereocenters. The van der Waals surface area contributed by atoms with Gasteiger partial charge in [0.15, 0.2) is 23.0 Å². The van der Waals surface area contributed by atoms with E-state index in [0.29, 0.717) is 34.4 Å². The third-order valence-corrected chi connectivity index (χ3v) is 4.71. The monoisotopic (exact) mass is 405 g/mol. The summed E-state index contributed by atoms with van der Waals surface area (Å²) in [5, 5.41) is 8.39. The van der Waals surface area contributed by atoms with Crippen molar-refractivity contribution in [1.82, 2.24) is 20.1 Å². The lowest BCUT2D eigenvalue weighted by Crippen LogP contribution is -1.99. The summed E-state index contributed by atoms with van der Waals surface area (Å²) in [4.78, 5) is 13.6. The smallest absolute Gasteiger partial charge is 0.261 e. The van der Waals surface area contributed by atoms with Gasteiger partial charge in [0.2, 0.25) is 0 Å². The van der Waals surface area contributed by atoms with E-state index in [1.807, 2.05) is 51.1 Å². The number of hydrogen-bond acceptors (Lipinski definition) is 8. The summed E-state index contributed by atoms with van der Waals surface area (Å²) >= 11 is 0. The summed E-state index contributed by atoms with van der Waals surface area (Å²) in [5.74, 6) is 2.47. The van der Waals surface area contributed by atoms with Gasteiger partial charge in [-0.25, -0.2) is 9.97 Å². The molecule has 1 aromatic carbocycles. The van der Waals surface area contributed by atoms with Gasteiger partial charge in [0.25, 0.3) is 5.89 Å². The normalized spacial score (nSPS) is 11.1. The Hall–Kier alpha value is -3.68. The molecule has 3 heterocycles. The maximum absolute atomic E-state index is 5.54. The second kappa shape index (κ2) is 7.98. The summed E-state index contributed by atoms with van der Waals surface area (Å²) in [5.41, 5.74) is 3.80. The van der Waals surface area contributed by atoms with E-state index in [1.54, 1.807) is 20.4 Å². The van der Waals surface area contributed by atoms with Crippen LogP contribution < -0.4 is 14.8 Å². The number of anilines is 2. The van der Waals surface area contributed by atoms with E-state index in [-0.39, 0.29) is 5.92 Å². The Morgan fingerprint density at radius 1 is 1.00 bits per heavy atom. The molecule has 1 N–H and O–H groups in total. The van der Waals surface area contributed by atoms with Gasteiger partial charge >= 0.3 is 0 Å². The van der Waals surface area contributed by atoms with E-state index in [9.17, 15) is 0 Å². The highest BCUT2D eigenvalue weighted by atomic mass is 16.5. The maximum Gasteiger partial charge on any atom is 0.261 e. The van der Waals surface area contributed by atoms with Crippen LogP contribution in [0.4, 0.5) is 11.4 Å². The molecule has 154 valence electrons. The number of methoxy groups -OCH3 is 2. The van der Waals surface area contributed by atoms with Gasteiger partial charge in [-0.15, -0.1) is 0 Å². The molecule has 0 radical (unpaired) electrons. The van der Waals surface area contributed by atoms with Gasteiger partial charge in [-0.3, -0.25) is 0 Å². The molecule has 0 spiro atoms. The molecule has 0 saturated carbocycles. The molecule has 0 bridgehead atoms. The van der Waals surface area contributed by atoms with Crippen LogP contribution in [0.25, 0.3) is 22.5 Å². The molecule has 3 aromatic heterocycles. The largest absolute Gasteiger partial charge is 0.493 e. The van der Waals surface area contributed by atoms with Gasteiger partial charge in [-0.2, -0.15) is 4.98 Å². The van der Waals surface area contributed by atoms with Gasteiger partial charge in [0.1, 0.15) is 0 Å². The quantitative estimate of drug-likeness (QED) is 0.485. The number of nitrogens with zero attached hydrogens (tertiary/aromatic N) is 4. The summed E-state index contributed by atoms with van der Waals surface area (Å²) in [7, 11) is 3.21. The van der Waals surface area contributed by atoms with Crippen LogP contribution in [-0.4, -0.2) is 34.3 Å². The van der Waals surface area contributed by atoms with Crippen molar-refractivity contribution in [2.24, 2.45) is 0 Å². The summed E-state index contributed by atoms with van der Waals surface area (Å²) in [6, 6.07) is 9.55. The van der Waals surface area contributed by atoms with Crippen molar-refractivity contribution in [1.29, 1.82) is 0 Å². The maximum atomic E-state index is 5.54. The zero-order valence-corrected chi connectivity index (χ0v) is 17.6. The molecule has 0 amide bonds. The zero-order valence-electron chi connectivity index (χ0n) is 17.6. The highest BCUT2D eigenvalue weighted by Gasteiger charge is 2.19. The number of rotatable bonds is 6. The van der Waals surface area contributed by atoms with Crippen LogP contribution in [0.2, 0.25) is 0 Å². The fourth-order valence-electron chi connectivity index (χ4n) is 3.11. The van der Waals surface area contributed by atoms with E-state index in [4.69, 9.17) is 14.0 Å². The van der Waals surface area contributed by atoms with E-state index >= 15 is 0 Å². The number of aryl methyl sites for hydroxylation is 1. The molecule has 0 unspecified atom stereocenters. The standard InChI is InChI=1S/C22H23N5O3/c1-12(2)20-26-22(30-27-20)16-11-23-21-15(8-6-13(3)24-21)19(16)25-14-7-9-17(28-4)18(10-14)29-5/h6-12H,1-5H3,(H,23,24,25). The van der Waals surface area contributed by atoms with E-state index < -0.39 is 0 Å². The molecule has 0 saturated heterocycles. The molecule has 8 heteroatoms. The van der Waals surface area contributed by atoms with Crippen molar-refractivity contribution in [3.05, 3.63) is 48.0 Å². The lowest BCUT2D eigenvalue weighted by Gasteiger charge is -2.15. The van der Waals surface area contributed by atoms with E-state index in [0.717, 1.165) is 22.5 Å². The van der Waals surface area contributed by atoms with Crippen molar-refractivity contribution in [3.63, 3.8) is 0 Å². The molecule has 30 heavy (non-hydrogen) atoms. The van der Waals surface area contributed by atoms with Crippen molar-refractivity contribution in [2.45, 2.75) is 26.7 Å². The van der Waals surface area contributed by atoms with Crippen LogP contribution in [0.1, 0.15) is 31.3 Å². The van der Waals surface area contributed by atoms with Gasteiger partial charge in [-0.1, -0.05) is 19.0 Å². The number of benzene rings is 1. The van der Waals surface area contributed by atoms with Crippen LogP contribution >= 0.6 is 0 Å². The molecule has 4 rings (SSSR count). The first-order valence-corrected chi connectivity index (χ1v) is 9.59. The van der Waals surface area contributed by atoms with Crippen molar-refractivity contribution in [2.75, 3.05) is 19.5 Å². The third kappa shape index (κ3) is 3.63. The first-order chi connectivity index (χ1) is 14.5. The predicted octanol–water partition coefficient (Wildman–Crippen LogP) is 4.87. The number of pyridine rings is 2. The Bertz CT molecular complexity index is 1200. The summed E-state index contributed by atoms with van der Waals surface area (Å²) < 4.78 is 16.3. The van der Waals surface area contributed by atoms with Gasteiger partial charge in [0.05, 0.1) is 25.5 Å². The Labute approximate surface area is 174 Å². The molecule has 0 aliphatic rings. The average Bonchev–Trinajstić information content (AvgIpc) is 3.24. The van der Waals surface area contributed by atoms with Crippen LogP contribution in [0.15, 0.2) is 41.1 Å². The molecule has 4 aromatic rings. The SMILES string of the molecule is COc1ccc(Nc2c(-c3nc(C(C)C)no3)cnc3nc(C)ccc23)cc1OC. The average molecular weight is 405 g/mol. The second-order valence-electron chi connectivity index (χ2n) is 7.18. The first kappa shape index (κ1) is 19.6. The minimum Gasteiger partial charge on any atom is -0.493 e. The fourth-order valence-corrected chi connectivity index (χ4v) is 3.11. The summed E-state index contributed by atoms with van der Waals surface area (Å²) in [6.07, 6.45) is 1.70. The fraction of sp³-hybridized carbons (Fsp3) is 0.273. The van der Waals surface area contributed by atoms with Gasteiger partial charge in [-0.05, 0) is 31.2 Å². The minimum absolute atomic E-state index is 0.155. The molecule has 0 aliphatic heterocycles. The van der Waals surface area contributed by atoms with Crippen molar-refractivity contribution < 1.29 is 14.0 Å². The number of ether oxygens (including phenoxy) is 2. The molecule has 0 fully saturated rings. The first-order valence-electron chi connectivity index (χ1n) is 9.59. The Balaban J connectivity index is 1.87. The van der Waals surface area contributed by atoms with Crippen LogP contribution in [-0.2, 0) is 0 Å². The number of aromatic nitrogens is 4. The van der Waals surface area contributed by atoms with Crippen LogP contribution in [0, 0.1) is 6.92 Å². The van der Waals surface area contributed by atoms with E-state index in [1.165, 1.54) is 0 Å². The zero-order chi connectivity index (χ0) is 21.3. The highest BCUT2D eigenvalue weighted by Crippen LogP contribution is 2.37. The molecule has 8 nitrogen and oxygen atoms in total. The lowest BCUT2D eigenvalue weighted by molar-refractivity contribution is 0.355. The van der Waals surface area contributed by atoms with Crippen LogP contribution in [0.3, 0.4) is 0 Å². The molecule has 0 aliphatic carbocycles. The Morgan fingerprint density at radius 3 is 2.50 bits per heavy atom. The number of fused-ring (bicyclic) bond motifs is 1. The minimum atomic E-state index is 0.155. The molecular weight excluding hydrogens is 382 g/mol. The van der Waals surface area contributed by atoms with Gasteiger partial charge in [0, 0.05) is 34.9 Å². The number of nitrogens with one attached hydrogen (secondary N) is 1. The van der Waals surface area contributed by atoms with E-state index in [2.05, 4.69) is 25.4 Å². The van der Waals surface area contributed by atoms with Gasteiger partial charge < -0.3 is 19.3 Å².